The molecule has 2 nitrogen and oxygen atoms in total. The molecule has 0 bridgehead atoms. The highest BCUT2D eigenvalue weighted by Gasteiger charge is 2.17. The van der Waals surface area contributed by atoms with E-state index in [1.807, 2.05) is 12.1 Å². The van der Waals surface area contributed by atoms with Crippen molar-refractivity contribution in [1.29, 1.82) is 0 Å². The number of rotatable bonds is 3. The number of nitrogens with zero attached hydrogens (tertiary/aromatic N) is 2. The first-order valence-electron chi connectivity index (χ1n) is 8.14. The average Bonchev–Trinajstić information content (AvgIpc) is 2.98. The number of aromatic nitrogens is 1. The van der Waals surface area contributed by atoms with Crippen LogP contribution in [0, 0.1) is 13.5 Å². The fourth-order valence-corrected chi connectivity index (χ4v) is 4.26. The topological polar surface area (TPSA) is 17.2 Å². The Labute approximate surface area is 151 Å². The summed E-state index contributed by atoms with van der Waals surface area (Å²) in [4.78, 5) is 10.2. The second kappa shape index (κ2) is 6.51. The van der Waals surface area contributed by atoms with E-state index in [0.29, 0.717) is 0 Å². The van der Waals surface area contributed by atoms with Crippen LogP contribution < -0.4 is 0 Å². The molecule has 4 rings (SSSR count). The molecule has 0 aliphatic carbocycles. The summed E-state index contributed by atoms with van der Waals surface area (Å²) in [5.41, 5.74) is 4.23. The summed E-state index contributed by atoms with van der Waals surface area (Å²) in [6.07, 6.45) is 4.35. The molecule has 0 radical (unpaired) electrons. The largest absolute Gasteiger partial charge is 0.265 e. The van der Waals surface area contributed by atoms with Crippen LogP contribution in [0.5, 0.6) is 0 Å². The Morgan fingerprint density at radius 2 is 1.76 bits per heavy atom. The van der Waals surface area contributed by atoms with E-state index in [0.717, 1.165) is 28.1 Å². The van der Waals surface area contributed by atoms with Gasteiger partial charge in [0, 0.05) is 17.3 Å². The molecule has 4 aromatic rings. The standard InChI is InChI=1S/C22H16N2S/c1-15-20(14-16-7-8-17-5-3-4-6-19(17)13-16)21(23-2)22(25-15)18-9-11-24-12-10-18/h3-13H,14H2,1H3. The number of benzene rings is 2. The molecule has 0 aliphatic rings. The summed E-state index contributed by atoms with van der Waals surface area (Å²) in [6.45, 7) is 9.81. The molecule has 25 heavy (non-hydrogen) atoms. The molecule has 0 atom stereocenters. The van der Waals surface area contributed by atoms with Gasteiger partial charge in [-0.3, -0.25) is 4.98 Å². The van der Waals surface area contributed by atoms with Crippen LogP contribution in [-0.4, -0.2) is 4.98 Å². The highest BCUT2D eigenvalue weighted by Crippen LogP contribution is 2.43. The van der Waals surface area contributed by atoms with Gasteiger partial charge in [0.05, 0.1) is 6.57 Å². The minimum atomic E-state index is 0.779. The predicted octanol–water partition coefficient (Wildman–Crippen LogP) is 6.41. The Morgan fingerprint density at radius 1 is 1.00 bits per heavy atom. The second-order valence-electron chi connectivity index (χ2n) is 6.02. The molecule has 0 unspecified atom stereocenters. The normalized spacial score (nSPS) is 10.7. The van der Waals surface area contributed by atoms with Crippen LogP contribution in [0.2, 0.25) is 0 Å². The van der Waals surface area contributed by atoms with Crippen LogP contribution in [0.25, 0.3) is 26.1 Å². The van der Waals surface area contributed by atoms with Gasteiger partial charge in [-0.05, 0) is 57.8 Å². The Morgan fingerprint density at radius 3 is 2.52 bits per heavy atom. The number of hydrogen-bond acceptors (Lipinski definition) is 2. The van der Waals surface area contributed by atoms with Crippen LogP contribution in [0.15, 0.2) is 67.0 Å². The Hall–Kier alpha value is -2.96. The number of thiophene rings is 1. The lowest BCUT2D eigenvalue weighted by atomic mass is 10.00. The van der Waals surface area contributed by atoms with Crippen molar-refractivity contribution in [2.45, 2.75) is 13.3 Å². The van der Waals surface area contributed by atoms with E-state index in [-0.39, 0.29) is 0 Å². The maximum atomic E-state index is 7.70. The summed E-state index contributed by atoms with van der Waals surface area (Å²) < 4.78 is 0. The van der Waals surface area contributed by atoms with Gasteiger partial charge in [0.15, 0.2) is 0 Å². The van der Waals surface area contributed by atoms with Gasteiger partial charge in [-0.1, -0.05) is 42.5 Å². The number of fused-ring (bicyclic) bond motifs is 1. The van der Waals surface area contributed by atoms with Crippen molar-refractivity contribution in [2.75, 3.05) is 0 Å². The lowest BCUT2D eigenvalue weighted by molar-refractivity contribution is 1.20. The maximum absolute atomic E-state index is 7.70. The van der Waals surface area contributed by atoms with E-state index in [9.17, 15) is 0 Å². The highest BCUT2D eigenvalue weighted by molar-refractivity contribution is 7.16. The zero-order chi connectivity index (χ0) is 17.2. The van der Waals surface area contributed by atoms with Gasteiger partial charge in [-0.15, -0.1) is 0 Å². The predicted molar refractivity (Wildman–Crippen MR) is 105 cm³/mol. The smallest absolute Gasteiger partial charge is 0.209 e. The fraction of sp³-hybridized carbons (Fsp3) is 0.0909. The van der Waals surface area contributed by atoms with E-state index in [1.54, 1.807) is 23.7 Å². The molecule has 2 heterocycles. The van der Waals surface area contributed by atoms with Gasteiger partial charge in [0.1, 0.15) is 0 Å². The van der Waals surface area contributed by atoms with Gasteiger partial charge in [-0.25, -0.2) is 4.85 Å². The van der Waals surface area contributed by atoms with Crippen molar-refractivity contribution in [3.63, 3.8) is 0 Å². The van der Waals surface area contributed by atoms with E-state index >= 15 is 0 Å². The number of hydrogen-bond donors (Lipinski definition) is 0. The Balaban J connectivity index is 1.77. The van der Waals surface area contributed by atoms with Crippen LogP contribution in [0.1, 0.15) is 16.0 Å². The van der Waals surface area contributed by atoms with Gasteiger partial charge < -0.3 is 0 Å². The van der Waals surface area contributed by atoms with Crippen LogP contribution in [0.3, 0.4) is 0 Å². The van der Waals surface area contributed by atoms with Crippen LogP contribution in [-0.2, 0) is 6.42 Å². The molecule has 2 aromatic heterocycles. The highest BCUT2D eigenvalue weighted by atomic mass is 32.1. The summed E-state index contributed by atoms with van der Waals surface area (Å²) in [5.74, 6) is 0. The minimum Gasteiger partial charge on any atom is -0.265 e. The first-order chi connectivity index (χ1) is 12.3. The van der Waals surface area contributed by atoms with E-state index in [1.165, 1.54) is 21.2 Å². The molecule has 0 spiro atoms. The van der Waals surface area contributed by atoms with Crippen molar-refractivity contribution < 1.29 is 0 Å². The summed E-state index contributed by atoms with van der Waals surface area (Å²) in [7, 11) is 0. The quantitative estimate of drug-likeness (QED) is 0.394. The molecular formula is C22H16N2S. The van der Waals surface area contributed by atoms with Gasteiger partial charge in [0.2, 0.25) is 5.69 Å². The fourth-order valence-electron chi connectivity index (χ4n) is 3.15. The second-order valence-corrected chi connectivity index (χ2v) is 7.25. The molecule has 0 saturated heterocycles. The maximum Gasteiger partial charge on any atom is 0.209 e. The summed E-state index contributed by atoms with van der Waals surface area (Å²) in [6, 6.07) is 18.9. The lowest BCUT2D eigenvalue weighted by Gasteiger charge is -2.05. The molecule has 2 aromatic carbocycles. The zero-order valence-electron chi connectivity index (χ0n) is 13.9. The SMILES string of the molecule is [C-]#[N+]c1c(-c2ccncc2)sc(C)c1Cc1ccc2ccccc2c1. The van der Waals surface area contributed by atoms with Crippen molar-refractivity contribution in [3.8, 4) is 10.4 Å². The molecule has 0 fully saturated rings. The molecule has 0 saturated carbocycles. The van der Waals surface area contributed by atoms with Crippen LogP contribution >= 0.6 is 11.3 Å². The van der Waals surface area contributed by atoms with Gasteiger partial charge in [-0.2, -0.15) is 11.3 Å². The van der Waals surface area contributed by atoms with E-state index in [2.05, 4.69) is 59.2 Å². The lowest BCUT2D eigenvalue weighted by Crippen LogP contribution is -1.89. The summed E-state index contributed by atoms with van der Waals surface area (Å²) in [5, 5.41) is 2.49. The molecule has 3 heteroatoms. The number of pyridine rings is 1. The van der Waals surface area contributed by atoms with E-state index < -0.39 is 0 Å². The third kappa shape index (κ3) is 2.93. The van der Waals surface area contributed by atoms with Crippen molar-refractivity contribution in [2.24, 2.45) is 0 Å². The van der Waals surface area contributed by atoms with Crippen molar-refractivity contribution in [1.82, 2.24) is 4.98 Å². The van der Waals surface area contributed by atoms with Crippen molar-refractivity contribution >= 4 is 27.8 Å². The third-order valence-corrected chi connectivity index (χ3v) is 5.62. The van der Waals surface area contributed by atoms with Gasteiger partial charge >= 0.3 is 0 Å². The Bertz CT molecular complexity index is 1090. The third-order valence-electron chi connectivity index (χ3n) is 4.43. The monoisotopic (exact) mass is 340 g/mol. The molecule has 0 aliphatic heterocycles. The number of aryl methyl sites for hydroxylation is 1. The van der Waals surface area contributed by atoms with Crippen LogP contribution in [0.4, 0.5) is 5.69 Å². The first-order valence-corrected chi connectivity index (χ1v) is 8.95. The van der Waals surface area contributed by atoms with Gasteiger partial charge in [0.25, 0.3) is 0 Å². The average molecular weight is 340 g/mol. The molecule has 0 N–H and O–H groups in total. The molecule has 120 valence electrons. The first kappa shape index (κ1) is 15.6. The molecule has 0 amide bonds. The van der Waals surface area contributed by atoms with E-state index in [4.69, 9.17) is 6.57 Å². The minimum absolute atomic E-state index is 0.779. The molecular weight excluding hydrogens is 324 g/mol. The zero-order valence-corrected chi connectivity index (χ0v) is 14.7. The Kier molecular flexibility index (Phi) is 4.05. The van der Waals surface area contributed by atoms with Crippen molar-refractivity contribution in [3.05, 3.63) is 94.4 Å². The summed E-state index contributed by atoms with van der Waals surface area (Å²) >= 11 is 1.70.